The largest absolute Gasteiger partial charge is 0.460 e. The maximum absolute atomic E-state index is 12.4. The number of hydrogen-bond acceptors (Lipinski definition) is 4. The minimum atomic E-state index is -0.565. The molecule has 1 fully saturated rings. The highest BCUT2D eigenvalue weighted by molar-refractivity contribution is 5.86. The predicted molar refractivity (Wildman–Crippen MR) is 80.2 cm³/mol. The van der Waals surface area contributed by atoms with E-state index < -0.39 is 10.3 Å². The van der Waals surface area contributed by atoms with Gasteiger partial charge in [0.15, 0.2) is 0 Å². The molecule has 3 rings (SSSR count). The fourth-order valence-corrected chi connectivity index (χ4v) is 2.59. The van der Waals surface area contributed by atoms with E-state index in [-0.39, 0.29) is 18.3 Å². The second-order valence-corrected chi connectivity index (χ2v) is 5.41. The van der Waals surface area contributed by atoms with Crippen LogP contribution in [0.2, 0.25) is 0 Å². The van der Waals surface area contributed by atoms with Gasteiger partial charge in [0.05, 0.1) is 15.9 Å². The van der Waals surface area contributed by atoms with Crippen LogP contribution in [0.15, 0.2) is 54.6 Å². The predicted octanol–water partition coefficient (Wildman–Crippen LogP) is 3.37. The molecule has 0 aromatic heterocycles. The summed E-state index contributed by atoms with van der Waals surface area (Å²) in [4.78, 5) is 22.9. The van der Waals surface area contributed by atoms with Gasteiger partial charge in [0.2, 0.25) is 0 Å². The molecule has 0 saturated heterocycles. The number of rotatable bonds is 5. The quantitative estimate of drug-likeness (QED) is 0.482. The molecular formula is C17H15NO4. The number of hydrogen-bond donors (Lipinski definition) is 0. The summed E-state index contributed by atoms with van der Waals surface area (Å²) in [5, 5.41) is 11.0. The fraction of sp³-hybridized carbons (Fsp3) is 0.235. The van der Waals surface area contributed by atoms with E-state index in [0.717, 1.165) is 18.4 Å². The average Bonchev–Trinajstić information content (AvgIpc) is 3.35. The highest BCUT2D eigenvalue weighted by Crippen LogP contribution is 2.49. The van der Waals surface area contributed by atoms with Crippen LogP contribution in [0.25, 0.3) is 0 Å². The smallest absolute Gasteiger partial charge is 0.316 e. The Balaban J connectivity index is 1.73. The van der Waals surface area contributed by atoms with Gasteiger partial charge in [0, 0.05) is 6.07 Å². The lowest BCUT2D eigenvalue weighted by molar-refractivity contribution is -0.385. The summed E-state index contributed by atoms with van der Waals surface area (Å²) >= 11 is 0. The fourth-order valence-electron chi connectivity index (χ4n) is 2.59. The van der Waals surface area contributed by atoms with E-state index in [1.807, 2.05) is 30.3 Å². The zero-order chi connectivity index (χ0) is 15.6. The van der Waals surface area contributed by atoms with Crippen LogP contribution in [0, 0.1) is 10.1 Å². The third kappa shape index (κ3) is 2.57. The maximum atomic E-state index is 12.4. The molecule has 0 aliphatic heterocycles. The van der Waals surface area contributed by atoms with Crippen LogP contribution in [0.5, 0.6) is 0 Å². The molecule has 0 atom stereocenters. The van der Waals surface area contributed by atoms with Crippen LogP contribution < -0.4 is 0 Å². The van der Waals surface area contributed by atoms with Gasteiger partial charge in [-0.3, -0.25) is 14.9 Å². The Morgan fingerprint density at radius 1 is 1.09 bits per heavy atom. The van der Waals surface area contributed by atoms with E-state index in [2.05, 4.69) is 0 Å². The first kappa shape index (κ1) is 14.3. The normalized spacial score (nSPS) is 15.1. The first-order valence-corrected chi connectivity index (χ1v) is 7.08. The Morgan fingerprint density at radius 3 is 2.36 bits per heavy atom. The number of nitrogens with zero attached hydrogens (tertiary/aromatic N) is 1. The molecule has 0 radical (unpaired) electrons. The van der Waals surface area contributed by atoms with Gasteiger partial charge in [-0.15, -0.1) is 0 Å². The first-order valence-electron chi connectivity index (χ1n) is 7.08. The van der Waals surface area contributed by atoms with E-state index in [9.17, 15) is 14.9 Å². The zero-order valence-corrected chi connectivity index (χ0v) is 11.9. The minimum Gasteiger partial charge on any atom is -0.460 e. The Bertz CT molecular complexity index is 708. The lowest BCUT2D eigenvalue weighted by Crippen LogP contribution is -2.23. The summed E-state index contributed by atoms with van der Waals surface area (Å²) in [6.07, 6.45) is 1.51. The summed E-state index contributed by atoms with van der Waals surface area (Å²) in [6, 6.07) is 15.8. The van der Waals surface area contributed by atoms with Gasteiger partial charge in [-0.1, -0.05) is 42.5 Å². The van der Waals surface area contributed by atoms with Crippen molar-refractivity contribution in [3.63, 3.8) is 0 Å². The summed E-state index contributed by atoms with van der Waals surface area (Å²) in [7, 11) is 0. The molecule has 0 amide bonds. The molecule has 112 valence electrons. The number of carbonyl (C=O) groups excluding carboxylic acids is 1. The van der Waals surface area contributed by atoms with Gasteiger partial charge >= 0.3 is 5.97 Å². The molecule has 0 spiro atoms. The lowest BCUT2D eigenvalue weighted by Gasteiger charge is -2.14. The van der Waals surface area contributed by atoms with E-state index in [1.54, 1.807) is 18.2 Å². The summed E-state index contributed by atoms with van der Waals surface area (Å²) in [5.41, 5.74) is 0.761. The van der Waals surface area contributed by atoms with E-state index in [1.165, 1.54) is 6.07 Å². The number of ether oxygens (including phenoxy) is 1. The first-order chi connectivity index (χ1) is 10.6. The van der Waals surface area contributed by atoms with E-state index >= 15 is 0 Å². The number of nitro benzene ring substituents is 1. The minimum absolute atomic E-state index is 0.0279. The van der Waals surface area contributed by atoms with E-state index in [4.69, 9.17) is 4.74 Å². The Hall–Kier alpha value is -2.69. The van der Waals surface area contributed by atoms with Gasteiger partial charge in [-0.05, 0) is 24.5 Å². The van der Waals surface area contributed by atoms with Crippen LogP contribution in [0.1, 0.15) is 24.0 Å². The topological polar surface area (TPSA) is 69.4 Å². The van der Waals surface area contributed by atoms with Gasteiger partial charge < -0.3 is 4.74 Å². The maximum Gasteiger partial charge on any atom is 0.316 e. The van der Waals surface area contributed by atoms with Gasteiger partial charge in [-0.25, -0.2) is 0 Å². The molecular weight excluding hydrogens is 282 g/mol. The molecule has 5 heteroatoms. The summed E-state index contributed by atoms with van der Waals surface area (Å²) in [6.45, 7) is -0.0788. The lowest BCUT2D eigenvalue weighted by atomic mass is 9.96. The molecule has 2 aromatic carbocycles. The van der Waals surface area contributed by atoms with Gasteiger partial charge in [-0.2, -0.15) is 0 Å². The molecule has 1 aliphatic rings. The highest BCUT2D eigenvalue weighted by atomic mass is 16.6. The third-order valence-electron chi connectivity index (χ3n) is 4.01. The molecule has 22 heavy (non-hydrogen) atoms. The molecule has 0 bridgehead atoms. The third-order valence-corrected chi connectivity index (χ3v) is 4.01. The van der Waals surface area contributed by atoms with Crippen molar-refractivity contribution in [1.29, 1.82) is 0 Å². The highest BCUT2D eigenvalue weighted by Gasteiger charge is 2.52. The number of carbonyl (C=O) groups is 1. The molecule has 0 unspecified atom stereocenters. The van der Waals surface area contributed by atoms with Crippen molar-refractivity contribution in [3.05, 3.63) is 75.8 Å². The van der Waals surface area contributed by atoms with Crippen LogP contribution in [0.4, 0.5) is 5.69 Å². The Labute approximate surface area is 127 Å². The molecule has 0 heterocycles. The van der Waals surface area contributed by atoms with Crippen molar-refractivity contribution in [2.75, 3.05) is 0 Å². The van der Waals surface area contributed by atoms with Gasteiger partial charge in [0.1, 0.15) is 6.61 Å². The van der Waals surface area contributed by atoms with Crippen LogP contribution >= 0.6 is 0 Å². The molecule has 1 aliphatic carbocycles. The zero-order valence-electron chi connectivity index (χ0n) is 11.9. The van der Waals surface area contributed by atoms with E-state index in [0.29, 0.717) is 5.56 Å². The Morgan fingerprint density at radius 2 is 1.73 bits per heavy atom. The molecule has 1 saturated carbocycles. The Kier molecular flexibility index (Phi) is 3.63. The molecule has 5 nitrogen and oxygen atoms in total. The van der Waals surface area contributed by atoms with Crippen molar-refractivity contribution < 1.29 is 14.5 Å². The number of benzene rings is 2. The SMILES string of the molecule is O=C(OCc1ccccc1[N+](=O)[O-])C1(c2ccccc2)CC1. The standard InChI is InChI=1S/C17H15NO4/c19-16(17(10-11-17)14-7-2-1-3-8-14)22-12-13-6-4-5-9-15(13)18(20)21/h1-9H,10-12H2. The van der Waals surface area contributed by atoms with Crippen molar-refractivity contribution in [1.82, 2.24) is 0 Å². The summed E-state index contributed by atoms with van der Waals surface area (Å²) in [5.74, 6) is -0.308. The monoisotopic (exact) mass is 297 g/mol. The van der Waals surface area contributed by atoms with Crippen LogP contribution in [0.3, 0.4) is 0 Å². The molecule has 0 N–H and O–H groups in total. The van der Waals surface area contributed by atoms with Crippen molar-refractivity contribution in [3.8, 4) is 0 Å². The molecule has 2 aromatic rings. The number of nitro groups is 1. The van der Waals surface area contributed by atoms with Crippen molar-refractivity contribution in [2.45, 2.75) is 24.9 Å². The van der Waals surface area contributed by atoms with Crippen molar-refractivity contribution >= 4 is 11.7 Å². The van der Waals surface area contributed by atoms with Crippen molar-refractivity contribution in [2.24, 2.45) is 0 Å². The second-order valence-electron chi connectivity index (χ2n) is 5.41. The van der Waals surface area contributed by atoms with Crippen LogP contribution in [-0.4, -0.2) is 10.9 Å². The second kappa shape index (κ2) is 5.60. The average molecular weight is 297 g/mol. The van der Waals surface area contributed by atoms with Gasteiger partial charge in [0.25, 0.3) is 5.69 Å². The van der Waals surface area contributed by atoms with Crippen LogP contribution in [-0.2, 0) is 21.6 Å². The number of esters is 1. The number of para-hydroxylation sites is 1. The summed E-state index contributed by atoms with van der Waals surface area (Å²) < 4.78 is 5.36.